The Labute approximate surface area is 134 Å². The SMILES string of the molecule is CC(=O)N/C(=C\c1cccc([N+](=O)[O-])c1)C(=O)N1CCCCC1. The van der Waals surface area contributed by atoms with Gasteiger partial charge in [0.2, 0.25) is 5.91 Å². The Morgan fingerprint density at radius 2 is 1.96 bits per heavy atom. The van der Waals surface area contributed by atoms with Crippen molar-refractivity contribution in [3.63, 3.8) is 0 Å². The van der Waals surface area contributed by atoms with Gasteiger partial charge in [-0.15, -0.1) is 0 Å². The molecule has 0 spiro atoms. The Morgan fingerprint density at radius 3 is 2.57 bits per heavy atom. The van der Waals surface area contributed by atoms with Gasteiger partial charge in [-0.25, -0.2) is 0 Å². The van der Waals surface area contributed by atoms with Gasteiger partial charge in [0.1, 0.15) is 5.70 Å². The molecular weight excluding hydrogens is 298 g/mol. The lowest BCUT2D eigenvalue weighted by atomic mass is 10.1. The van der Waals surface area contributed by atoms with Crippen molar-refractivity contribution < 1.29 is 14.5 Å². The molecule has 2 rings (SSSR count). The maximum absolute atomic E-state index is 12.6. The van der Waals surface area contributed by atoms with Gasteiger partial charge in [-0.3, -0.25) is 19.7 Å². The van der Waals surface area contributed by atoms with E-state index in [1.807, 2.05) is 0 Å². The number of nitrogens with one attached hydrogen (secondary N) is 1. The normalized spacial score (nSPS) is 15.2. The van der Waals surface area contributed by atoms with Crippen LogP contribution in [0.2, 0.25) is 0 Å². The number of piperidine rings is 1. The smallest absolute Gasteiger partial charge is 0.270 e. The molecule has 0 radical (unpaired) electrons. The second-order valence-corrected chi connectivity index (χ2v) is 5.44. The molecule has 0 atom stereocenters. The molecule has 1 saturated heterocycles. The Morgan fingerprint density at radius 1 is 1.26 bits per heavy atom. The number of likely N-dealkylation sites (tertiary alicyclic amines) is 1. The van der Waals surface area contributed by atoms with Crippen LogP contribution in [0.25, 0.3) is 6.08 Å². The first-order valence-electron chi connectivity index (χ1n) is 7.50. The number of non-ortho nitro benzene ring substituents is 1. The maximum Gasteiger partial charge on any atom is 0.270 e. The molecule has 1 N–H and O–H groups in total. The van der Waals surface area contributed by atoms with E-state index >= 15 is 0 Å². The molecule has 122 valence electrons. The molecule has 0 unspecified atom stereocenters. The van der Waals surface area contributed by atoms with E-state index in [4.69, 9.17) is 0 Å². The summed E-state index contributed by atoms with van der Waals surface area (Å²) >= 11 is 0. The number of nitro benzene ring substituents is 1. The standard InChI is InChI=1S/C16H19N3O4/c1-12(20)17-15(16(21)18-8-3-2-4-9-18)11-13-6-5-7-14(10-13)19(22)23/h5-7,10-11H,2-4,8-9H2,1H3,(H,17,20)/b15-11-. The lowest BCUT2D eigenvalue weighted by molar-refractivity contribution is -0.384. The van der Waals surface area contributed by atoms with E-state index in [1.54, 1.807) is 17.0 Å². The van der Waals surface area contributed by atoms with Crippen LogP contribution in [0.5, 0.6) is 0 Å². The first kappa shape index (κ1) is 16.7. The Hall–Kier alpha value is -2.70. The zero-order chi connectivity index (χ0) is 16.8. The second-order valence-electron chi connectivity index (χ2n) is 5.44. The number of rotatable bonds is 4. The molecule has 2 amide bonds. The molecule has 1 heterocycles. The predicted molar refractivity (Wildman–Crippen MR) is 85.3 cm³/mol. The zero-order valence-electron chi connectivity index (χ0n) is 12.9. The quantitative estimate of drug-likeness (QED) is 0.523. The van der Waals surface area contributed by atoms with Gasteiger partial charge >= 0.3 is 0 Å². The molecule has 1 aliphatic heterocycles. The fourth-order valence-electron chi connectivity index (χ4n) is 2.50. The Kier molecular flexibility index (Phi) is 5.46. The summed E-state index contributed by atoms with van der Waals surface area (Å²) in [5, 5.41) is 13.4. The number of amides is 2. The maximum atomic E-state index is 12.6. The summed E-state index contributed by atoms with van der Waals surface area (Å²) in [4.78, 5) is 36.0. The van der Waals surface area contributed by atoms with E-state index < -0.39 is 4.92 Å². The molecule has 7 nitrogen and oxygen atoms in total. The lowest BCUT2D eigenvalue weighted by Crippen LogP contribution is -2.40. The number of carbonyl (C=O) groups excluding carboxylic acids is 2. The number of nitro groups is 1. The van der Waals surface area contributed by atoms with E-state index in [0.717, 1.165) is 19.3 Å². The van der Waals surface area contributed by atoms with Crippen molar-refractivity contribution in [2.45, 2.75) is 26.2 Å². The molecule has 1 aromatic carbocycles. The van der Waals surface area contributed by atoms with Crippen molar-refractivity contribution in [1.82, 2.24) is 10.2 Å². The van der Waals surface area contributed by atoms with E-state index in [1.165, 1.54) is 25.1 Å². The molecule has 23 heavy (non-hydrogen) atoms. The average molecular weight is 317 g/mol. The first-order valence-corrected chi connectivity index (χ1v) is 7.50. The van der Waals surface area contributed by atoms with Crippen molar-refractivity contribution in [1.29, 1.82) is 0 Å². The minimum absolute atomic E-state index is 0.0636. The third-order valence-electron chi connectivity index (χ3n) is 3.58. The molecular formula is C16H19N3O4. The summed E-state index contributed by atoms with van der Waals surface area (Å²) in [6.45, 7) is 2.64. The van der Waals surface area contributed by atoms with E-state index in [-0.39, 0.29) is 23.2 Å². The predicted octanol–water partition coefficient (Wildman–Crippen LogP) is 2.08. The Bertz CT molecular complexity index is 648. The summed E-state index contributed by atoms with van der Waals surface area (Å²) in [6, 6.07) is 5.94. The van der Waals surface area contributed by atoms with Crippen molar-refractivity contribution in [3.8, 4) is 0 Å². The van der Waals surface area contributed by atoms with Crippen LogP contribution in [-0.4, -0.2) is 34.7 Å². The van der Waals surface area contributed by atoms with Crippen molar-refractivity contribution in [3.05, 3.63) is 45.6 Å². The lowest BCUT2D eigenvalue weighted by Gasteiger charge is -2.27. The van der Waals surface area contributed by atoms with Crippen molar-refractivity contribution in [2.24, 2.45) is 0 Å². The Balaban J connectivity index is 2.29. The van der Waals surface area contributed by atoms with Gasteiger partial charge < -0.3 is 10.2 Å². The molecule has 1 aromatic rings. The highest BCUT2D eigenvalue weighted by Crippen LogP contribution is 2.17. The highest BCUT2D eigenvalue weighted by Gasteiger charge is 2.21. The summed E-state index contributed by atoms with van der Waals surface area (Å²) < 4.78 is 0. The van der Waals surface area contributed by atoms with E-state index in [2.05, 4.69) is 5.32 Å². The van der Waals surface area contributed by atoms with Crippen LogP contribution in [0.15, 0.2) is 30.0 Å². The van der Waals surface area contributed by atoms with E-state index in [9.17, 15) is 19.7 Å². The minimum Gasteiger partial charge on any atom is -0.337 e. The van der Waals surface area contributed by atoms with Crippen LogP contribution in [0.3, 0.4) is 0 Å². The second kappa shape index (κ2) is 7.53. The van der Waals surface area contributed by atoms with Crippen LogP contribution in [0.1, 0.15) is 31.7 Å². The van der Waals surface area contributed by atoms with Crippen LogP contribution in [-0.2, 0) is 9.59 Å². The number of hydrogen-bond acceptors (Lipinski definition) is 4. The van der Waals surface area contributed by atoms with Crippen LogP contribution >= 0.6 is 0 Å². The zero-order valence-corrected chi connectivity index (χ0v) is 12.9. The first-order chi connectivity index (χ1) is 11.0. The third kappa shape index (κ3) is 4.64. The van der Waals surface area contributed by atoms with Gasteiger partial charge in [-0.1, -0.05) is 12.1 Å². The highest BCUT2D eigenvalue weighted by molar-refractivity contribution is 6.01. The van der Waals surface area contributed by atoms with Gasteiger partial charge in [0, 0.05) is 32.1 Å². The van der Waals surface area contributed by atoms with Gasteiger partial charge in [0.05, 0.1) is 4.92 Å². The number of nitrogens with zero attached hydrogens (tertiary/aromatic N) is 2. The topological polar surface area (TPSA) is 92.5 Å². The monoisotopic (exact) mass is 317 g/mol. The molecule has 0 aromatic heterocycles. The van der Waals surface area contributed by atoms with Crippen molar-refractivity contribution >= 4 is 23.6 Å². The average Bonchev–Trinajstić information content (AvgIpc) is 2.54. The van der Waals surface area contributed by atoms with Crippen molar-refractivity contribution in [2.75, 3.05) is 13.1 Å². The van der Waals surface area contributed by atoms with Crippen LogP contribution in [0, 0.1) is 10.1 Å². The third-order valence-corrected chi connectivity index (χ3v) is 3.58. The van der Waals surface area contributed by atoms with Gasteiger partial charge in [0.25, 0.3) is 11.6 Å². The molecule has 1 fully saturated rings. The van der Waals surface area contributed by atoms with Crippen LogP contribution < -0.4 is 5.32 Å². The minimum atomic E-state index is -0.498. The molecule has 0 bridgehead atoms. The number of hydrogen-bond donors (Lipinski definition) is 1. The number of carbonyl (C=O) groups is 2. The summed E-state index contributed by atoms with van der Waals surface area (Å²) in [6.07, 6.45) is 4.45. The summed E-state index contributed by atoms with van der Waals surface area (Å²) in [5.41, 5.74) is 0.569. The van der Waals surface area contributed by atoms with Gasteiger partial charge in [-0.05, 0) is 30.9 Å². The fourth-order valence-corrected chi connectivity index (χ4v) is 2.50. The number of benzene rings is 1. The molecule has 0 saturated carbocycles. The molecule has 7 heteroatoms. The molecule has 0 aliphatic carbocycles. The molecule has 1 aliphatic rings. The van der Waals surface area contributed by atoms with Gasteiger partial charge in [-0.2, -0.15) is 0 Å². The summed E-state index contributed by atoms with van der Waals surface area (Å²) in [5.74, 6) is -0.613. The fraction of sp³-hybridized carbons (Fsp3) is 0.375. The largest absolute Gasteiger partial charge is 0.337 e. The van der Waals surface area contributed by atoms with Crippen LogP contribution in [0.4, 0.5) is 5.69 Å². The van der Waals surface area contributed by atoms with E-state index in [0.29, 0.717) is 18.7 Å². The highest BCUT2D eigenvalue weighted by atomic mass is 16.6. The van der Waals surface area contributed by atoms with Gasteiger partial charge in [0.15, 0.2) is 0 Å². The summed E-state index contributed by atoms with van der Waals surface area (Å²) in [7, 11) is 0.